The first kappa shape index (κ1) is 37.4. The summed E-state index contributed by atoms with van der Waals surface area (Å²) in [4.78, 5) is 39.0. The molecule has 3 aromatic rings. The Labute approximate surface area is 298 Å². The Bertz CT molecular complexity index is 2010. The number of carbonyl (C=O) groups excluding carboxylic acids is 2. The fourth-order valence-corrected chi connectivity index (χ4v) is 7.23. The Morgan fingerprint density at radius 2 is 1.86 bits per heavy atom. The third-order valence-corrected chi connectivity index (χ3v) is 10.5. The van der Waals surface area contributed by atoms with Crippen LogP contribution in [0.5, 0.6) is 0 Å². The minimum Gasteiger partial charge on any atom is -0.447 e. The molecule has 2 aliphatic rings. The first-order valence-electron chi connectivity index (χ1n) is 15.7. The van der Waals surface area contributed by atoms with Crippen molar-refractivity contribution in [2.24, 2.45) is 26.9 Å². The van der Waals surface area contributed by atoms with Gasteiger partial charge in [-0.3, -0.25) is 15.1 Å². The minimum absolute atomic E-state index is 0.0378. The van der Waals surface area contributed by atoms with Crippen molar-refractivity contribution in [2.75, 3.05) is 26.0 Å². The second-order valence-electron chi connectivity index (χ2n) is 13.6. The lowest BCUT2D eigenvalue weighted by molar-refractivity contribution is -0.135. The van der Waals surface area contributed by atoms with E-state index >= 15 is 0 Å². The number of benzene rings is 2. The number of aromatic nitrogens is 2. The molecule has 2 aliphatic heterocycles. The molecule has 1 saturated heterocycles. The lowest BCUT2D eigenvalue weighted by Gasteiger charge is -2.38. The van der Waals surface area contributed by atoms with Gasteiger partial charge < -0.3 is 21.1 Å². The van der Waals surface area contributed by atoms with Crippen molar-refractivity contribution in [1.82, 2.24) is 19.6 Å². The molecule has 3 heterocycles. The molecule has 1 aromatic heterocycles. The van der Waals surface area contributed by atoms with Crippen molar-refractivity contribution < 1.29 is 31.5 Å². The van der Waals surface area contributed by atoms with Crippen molar-refractivity contribution in [3.8, 4) is 11.1 Å². The molecule has 2 amide bonds. The number of carbonyl (C=O) groups is 2. The van der Waals surface area contributed by atoms with Gasteiger partial charge in [-0.2, -0.15) is 13.9 Å². The van der Waals surface area contributed by atoms with Gasteiger partial charge in [-0.15, -0.1) is 0 Å². The molecule has 0 spiro atoms. The largest absolute Gasteiger partial charge is 0.447 e. The van der Waals surface area contributed by atoms with Gasteiger partial charge >= 0.3 is 12.6 Å². The standard InChI is InChI=1S/C33H38ClF2N9O5S/c1-32(2,3)17-33(22-8-5-19(6-9-22)21-12-41-44(13-21)29(35)36)28(46)45(30(39)42-33)26(16-50-31(47)43-14-23(15-43)51(4,48)49)20-7-10-25(34)24(11-20)27(38)40-18-37/h5-13,18,23,26,29H,14-17H2,1-4H3,(H2,39,42)(H3,37,38,40)/t26-,33-/m1/s1. The number of amidine groups is 1. The highest BCUT2D eigenvalue weighted by molar-refractivity contribution is 7.91. The van der Waals surface area contributed by atoms with Gasteiger partial charge in [0.15, 0.2) is 21.3 Å². The summed E-state index contributed by atoms with van der Waals surface area (Å²) in [6, 6.07) is 10.3. The lowest BCUT2D eigenvalue weighted by Crippen LogP contribution is -2.57. The highest BCUT2D eigenvalue weighted by Crippen LogP contribution is 2.45. The van der Waals surface area contributed by atoms with Crippen molar-refractivity contribution in [1.29, 1.82) is 5.41 Å². The normalized spacial score (nSPS) is 19.3. The van der Waals surface area contributed by atoms with Gasteiger partial charge in [-0.05, 0) is 40.7 Å². The molecule has 0 bridgehead atoms. The maximum absolute atomic E-state index is 14.9. The molecule has 2 aromatic carbocycles. The Balaban J connectivity index is 1.53. The summed E-state index contributed by atoms with van der Waals surface area (Å²) in [6.07, 6.45) is 3.81. The molecule has 5 rings (SSSR count). The summed E-state index contributed by atoms with van der Waals surface area (Å²) in [5.74, 6) is -0.755. The summed E-state index contributed by atoms with van der Waals surface area (Å²) in [5.41, 5.74) is 12.8. The molecule has 1 fully saturated rings. The minimum atomic E-state index is -3.35. The van der Waals surface area contributed by atoms with E-state index in [9.17, 15) is 26.8 Å². The summed E-state index contributed by atoms with van der Waals surface area (Å²) in [6.45, 7) is 2.53. The number of nitrogens with one attached hydrogen (secondary N) is 1. The quantitative estimate of drug-likeness (QED) is 0.190. The van der Waals surface area contributed by atoms with Crippen LogP contribution in [0.4, 0.5) is 13.6 Å². The van der Waals surface area contributed by atoms with Crippen LogP contribution >= 0.6 is 11.6 Å². The Hall–Kier alpha value is -4.90. The topological polar surface area (TPSA) is 202 Å². The number of guanidine groups is 1. The predicted octanol–water partition coefficient (Wildman–Crippen LogP) is 4.31. The zero-order valence-electron chi connectivity index (χ0n) is 28.3. The number of hydrogen-bond acceptors (Lipinski definition) is 9. The van der Waals surface area contributed by atoms with Crippen LogP contribution in [0.25, 0.3) is 11.1 Å². The van der Waals surface area contributed by atoms with Crippen molar-refractivity contribution in [3.05, 3.63) is 76.6 Å². The molecular formula is C33H38ClF2N9O5S. The molecule has 51 heavy (non-hydrogen) atoms. The summed E-state index contributed by atoms with van der Waals surface area (Å²) in [5, 5.41) is 10.5. The van der Waals surface area contributed by atoms with Crippen LogP contribution in [0.15, 0.2) is 64.8 Å². The smallest absolute Gasteiger partial charge is 0.409 e. The number of rotatable bonds is 11. The molecule has 0 unspecified atom stereocenters. The second-order valence-corrected chi connectivity index (χ2v) is 16.4. The molecule has 0 aliphatic carbocycles. The third-order valence-electron chi connectivity index (χ3n) is 8.65. The maximum Gasteiger partial charge on any atom is 0.409 e. The second kappa shape index (κ2) is 14.0. The van der Waals surface area contributed by atoms with E-state index in [2.05, 4.69) is 10.1 Å². The van der Waals surface area contributed by atoms with E-state index in [-0.39, 0.29) is 41.9 Å². The van der Waals surface area contributed by atoms with Crippen LogP contribution in [0.1, 0.15) is 56.5 Å². The maximum atomic E-state index is 14.9. The van der Waals surface area contributed by atoms with Crippen molar-refractivity contribution >= 4 is 51.6 Å². The molecule has 14 nitrogen and oxygen atoms in total. The van der Waals surface area contributed by atoms with Gasteiger partial charge in [-0.1, -0.05) is 62.7 Å². The van der Waals surface area contributed by atoms with Gasteiger partial charge in [0.1, 0.15) is 18.8 Å². The van der Waals surface area contributed by atoms with E-state index in [0.717, 1.165) is 12.6 Å². The van der Waals surface area contributed by atoms with Crippen molar-refractivity contribution in [3.63, 3.8) is 0 Å². The highest BCUT2D eigenvalue weighted by atomic mass is 35.5. The van der Waals surface area contributed by atoms with Crippen LogP contribution < -0.4 is 11.5 Å². The molecule has 2 atom stereocenters. The predicted molar refractivity (Wildman–Crippen MR) is 188 cm³/mol. The average Bonchev–Trinajstić information content (AvgIpc) is 3.60. The van der Waals surface area contributed by atoms with E-state index in [0.29, 0.717) is 26.9 Å². The fraction of sp³-hybridized carbons (Fsp3) is 0.394. The van der Waals surface area contributed by atoms with Gasteiger partial charge in [0.2, 0.25) is 0 Å². The van der Waals surface area contributed by atoms with Crippen LogP contribution in [0, 0.1) is 10.8 Å². The summed E-state index contributed by atoms with van der Waals surface area (Å²) < 4.78 is 56.3. The van der Waals surface area contributed by atoms with Crippen molar-refractivity contribution in [2.45, 2.75) is 50.6 Å². The highest BCUT2D eigenvalue weighted by Gasteiger charge is 2.53. The number of ether oxygens (including phenoxy) is 1. The Morgan fingerprint density at radius 3 is 2.43 bits per heavy atom. The monoisotopic (exact) mass is 745 g/mol. The zero-order valence-corrected chi connectivity index (χ0v) is 29.8. The third kappa shape index (κ3) is 7.73. The number of amides is 2. The van der Waals surface area contributed by atoms with Crippen LogP contribution in [-0.2, 0) is 24.9 Å². The number of aliphatic imine (C=N–C) groups is 2. The average molecular weight is 746 g/mol. The van der Waals surface area contributed by atoms with Crippen LogP contribution in [-0.4, -0.2) is 89.3 Å². The van der Waals surface area contributed by atoms with E-state index in [4.69, 9.17) is 38.2 Å². The molecule has 0 saturated carbocycles. The lowest BCUT2D eigenvalue weighted by atomic mass is 9.75. The summed E-state index contributed by atoms with van der Waals surface area (Å²) >= 11 is 6.42. The molecular weight excluding hydrogens is 708 g/mol. The number of hydrogen-bond donors (Lipinski definition) is 3. The number of sulfone groups is 1. The molecule has 5 N–H and O–H groups in total. The van der Waals surface area contributed by atoms with E-state index in [1.54, 1.807) is 36.4 Å². The molecule has 18 heteroatoms. The number of alkyl halides is 2. The van der Waals surface area contributed by atoms with Crippen LogP contribution in [0.2, 0.25) is 5.02 Å². The van der Waals surface area contributed by atoms with Gasteiger partial charge in [0.25, 0.3) is 5.91 Å². The molecule has 0 radical (unpaired) electrons. The van der Waals surface area contributed by atoms with E-state index < -0.39 is 57.2 Å². The first-order valence-corrected chi connectivity index (χ1v) is 18.0. The Morgan fingerprint density at radius 1 is 1.20 bits per heavy atom. The van der Waals surface area contributed by atoms with E-state index in [1.165, 1.54) is 28.3 Å². The number of nitrogens with two attached hydrogens (primary N) is 2. The van der Waals surface area contributed by atoms with E-state index in [1.807, 2.05) is 20.8 Å². The number of likely N-dealkylation sites (tertiary alicyclic amines) is 1. The Kier molecular flexibility index (Phi) is 10.3. The fourth-order valence-electron chi connectivity index (χ4n) is 6.11. The first-order chi connectivity index (χ1) is 23.8. The van der Waals surface area contributed by atoms with Gasteiger partial charge in [-0.25, -0.2) is 27.9 Å². The zero-order chi connectivity index (χ0) is 37.5. The van der Waals surface area contributed by atoms with Gasteiger partial charge in [0.05, 0.1) is 22.5 Å². The number of nitrogens with zero attached hydrogens (tertiary/aromatic N) is 6. The molecule has 272 valence electrons. The number of halogens is 3. The SMILES string of the molecule is CC(C)(C)C[C@]1(c2ccc(-c3cnn(C(F)F)c3)cc2)N=C(N)N([C@H](COC(=O)N2CC(S(C)(=O)=O)C2)c2ccc(Cl)c(C(N)=NC=N)c2)C1=O. The van der Waals surface area contributed by atoms with Gasteiger partial charge in [0, 0.05) is 36.7 Å². The van der Waals surface area contributed by atoms with Crippen LogP contribution in [0.3, 0.4) is 0 Å². The summed E-state index contributed by atoms with van der Waals surface area (Å²) in [7, 11) is -3.35.